The second-order valence-corrected chi connectivity index (χ2v) is 4.17. The monoisotopic (exact) mass is 280 g/mol. The molecular formula is C11H15F3N2O3. The number of nitrogens with one attached hydrogen (secondary N) is 1. The van der Waals surface area contributed by atoms with Crippen LogP contribution in [0.1, 0.15) is 19.8 Å². The number of carbonyl (C=O) groups is 2. The van der Waals surface area contributed by atoms with Gasteiger partial charge in [-0.1, -0.05) is 13.0 Å². The van der Waals surface area contributed by atoms with Crippen LogP contribution in [0.3, 0.4) is 0 Å². The number of carbonyl (C=O) groups excluding carboxylic acids is 1. The fourth-order valence-corrected chi connectivity index (χ4v) is 1.69. The molecule has 0 aromatic heterocycles. The van der Waals surface area contributed by atoms with Crippen LogP contribution in [0.25, 0.3) is 0 Å². The van der Waals surface area contributed by atoms with Gasteiger partial charge in [-0.2, -0.15) is 13.2 Å². The van der Waals surface area contributed by atoms with Crippen molar-refractivity contribution in [2.75, 3.05) is 13.1 Å². The third-order valence-corrected chi connectivity index (χ3v) is 2.86. The predicted octanol–water partition coefficient (Wildman–Crippen LogP) is 1.75. The third-order valence-electron chi connectivity index (χ3n) is 2.86. The highest BCUT2D eigenvalue weighted by molar-refractivity contribution is 5.82. The summed E-state index contributed by atoms with van der Waals surface area (Å²) >= 11 is 0. The van der Waals surface area contributed by atoms with E-state index in [1.807, 2.05) is 0 Å². The van der Waals surface area contributed by atoms with E-state index in [4.69, 9.17) is 5.11 Å². The minimum absolute atomic E-state index is 0.0762. The van der Waals surface area contributed by atoms with Gasteiger partial charge < -0.3 is 15.3 Å². The molecule has 1 rings (SSSR count). The summed E-state index contributed by atoms with van der Waals surface area (Å²) in [6.45, 7) is 1.35. The minimum atomic E-state index is -4.37. The lowest BCUT2D eigenvalue weighted by molar-refractivity contribution is -0.139. The fourth-order valence-electron chi connectivity index (χ4n) is 1.69. The number of aliphatic carboxylic acids is 1. The molecule has 1 atom stereocenters. The Balaban J connectivity index is 2.58. The smallest absolute Gasteiger partial charge is 0.412 e. The average molecular weight is 280 g/mol. The highest BCUT2D eigenvalue weighted by Crippen LogP contribution is 2.30. The van der Waals surface area contributed by atoms with Crippen molar-refractivity contribution in [3.05, 3.63) is 11.6 Å². The summed E-state index contributed by atoms with van der Waals surface area (Å²) in [5.41, 5.74) is -0.651. The first-order valence-corrected chi connectivity index (χ1v) is 5.80. The van der Waals surface area contributed by atoms with E-state index in [-0.39, 0.29) is 25.9 Å². The molecule has 2 amide bonds. The SMILES string of the molecule is CCC(NC(=O)N1CC=C(C(F)(F)F)CC1)C(=O)O. The van der Waals surface area contributed by atoms with Crippen molar-refractivity contribution in [1.29, 1.82) is 0 Å². The van der Waals surface area contributed by atoms with E-state index in [9.17, 15) is 22.8 Å². The Morgan fingerprint density at radius 2 is 2.16 bits per heavy atom. The third kappa shape index (κ3) is 4.15. The molecule has 19 heavy (non-hydrogen) atoms. The van der Waals surface area contributed by atoms with E-state index in [0.29, 0.717) is 0 Å². The quantitative estimate of drug-likeness (QED) is 0.774. The molecule has 1 aliphatic heterocycles. The molecule has 0 saturated carbocycles. The van der Waals surface area contributed by atoms with Gasteiger partial charge in [-0.3, -0.25) is 0 Å². The van der Waals surface area contributed by atoms with Gasteiger partial charge in [0.05, 0.1) is 0 Å². The zero-order valence-corrected chi connectivity index (χ0v) is 10.3. The molecule has 108 valence electrons. The molecule has 0 saturated heterocycles. The first-order valence-electron chi connectivity index (χ1n) is 5.80. The van der Waals surface area contributed by atoms with E-state index in [2.05, 4.69) is 5.32 Å². The summed E-state index contributed by atoms with van der Waals surface area (Å²) in [6, 6.07) is -1.69. The highest BCUT2D eigenvalue weighted by Gasteiger charge is 2.35. The van der Waals surface area contributed by atoms with Gasteiger partial charge >= 0.3 is 18.2 Å². The maximum atomic E-state index is 12.4. The molecule has 0 spiro atoms. The number of carboxylic acid groups (broad SMARTS) is 1. The second-order valence-electron chi connectivity index (χ2n) is 4.17. The van der Waals surface area contributed by atoms with E-state index in [1.54, 1.807) is 6.92 Å². The Bertz CT molecular complexity index is 393. The van der Waals surface area contributed by atoms with Crippen LogP contribution in [0, 0.1) is 0 Å². The molecule has 8 heteroatoms. The zero-order valence-electron chi connectivity index (χ0n) is 10.3. The standard InChI is InChI=1S/C11H15F3N2O3/c1-2-8(9(17)18)15-10(19)16-5-3-7(4-6-16)11(12,13)14/h3,8H,2,4-6H2,1H3,(H,15,19)(H,17,18). The van der Waals surface area contributed by atoms with Crippen LogP contribution in [0.5, 0.6) is 0 Å². The normalized spacial score (nSPS) is 17.7. The van der Waals surface area contributed by atoms with Crippen molar-refractivity contribution >= 4 is 12.0 Å². The van der Waals surface area contributed by atoms with Crippen molar-refractivity contribution in [2.45, 2.75) is 32.0 Å². The minimum Gasteiger partial charge on any atom is -0.480 e. The van der Waals surface area contributed by atoms with Gasteiger partial charge in [0.25, 0.3) is 0 Å². The lowest BCUT2D eigenvalue weighted by Crippen LogP contribution is -2.49. The molecule has 0 radical (unpaired) electrons. The molecule has 2 N–H and O–H groups in total. The molecule has 1 heterocycles. The van der Waals surface area contributed by atoms with Crippen LogP contribution >= 0.6 is 0 Å². The van der Waals surface area contributed by atoms with Gasteiger partial charge in [-0.05, 0) is 12.8 Å². The number of hydrogen-bond acceptors (Lipinski definition) is 2. The lowest BCUT2D eigenvalue weighted by atomic mass is 10.1. The summed E-state index contributed by atoms with van der Waals surface area (Å²) in [6.07, 6.45) is -3.49. The van der Waals surface area contributed by atoms with E-state index in [1.165, 1.54) is 0 Å². The summed E-state index contributed by atoms with van der Waals surface area (Å²) in [5.74, 6) is -1.17. The molecule has 1 aliphatic rings. The van der Waals surface area contributed by atoms with Gasteiger partial charge in [-0.15, -0.1) is 0 Å². The van der Waals surface area contributed by atoms with Gasteiger partial charge in [0.1, 0.15) is 6.04 Å². The fraction of sp³-hybridized carbons (Fsp3) is 0.636. The second kappa shape index (κ2) is 5.94. The highest BCUT2D eigenvalue weighted by atomic mass is 19.4. The van der Waals surface area contributed by atoms with E-state index >= 15 is 0 Å². The largest absolute Gasteiger partial charge is 0.480 e. The van der Waals surface area contributed by atoms with E-state index in [0.717, 1.165) is 11.0 Å². The van der Waals surface area contributed by atoms with Crippen LogP contribution in [0.2, 0.25) is 0 Å². The topological polar surface area (TPSA) is 69.6 Å². The Morgan fingerprint density at radius 1 is 1.53 bits per heavy atom. The Kier molecular flexibility index (Phi) is 4.79. The number of carboxylic acids is 1. The maximum Gasteiger partial charge on any atom is 0.412 e. The van der Waals surface area contributed by atoms with Crippen molar-refractivity contribution in [3.8, 4) is 0 Å². The zero-order chi connectivity index (χ0) is 14.6. The van der Waals surface area contributed by atoms with E-state index < -0.39 is 29.8 Å². The maximum absolute atomic E-state index is 12.4. The molecule has 1 unspecified atom stereocenters. The molecule has 0 aliphatic carbocycles. The molecular weight excluding hydrogens is 265 g/mol. The van der Waals surface area contributed by atoms with Gasteiger partial charge in [0, 0.05) is 18.7 Å². The van der Waals surface area contributed by atoms with Crippen molar-refractivity contribution in [1.82, 2.24) is 10.2 Å². The van der Waals surface area contributed by atoms with Crippen LogP contribution in [0.15, 0.2) is 11.6 Å². The van der Waals surface area contributed by atoms with Crippen molar-refractivity contribution < 1.29 is 27.9 Å². The molecule has 0 aromatic rings. The summed E-state index contributed by atoms with van der Waals surface area (Å²) < 4.78 is 37.1. The molecule has 0 fully saturated rings. The molecule has 5 nitrogen and oxygen atoms in total. The number of urea groups is 1. The number of halogens is 3. The molecule has 0 aromatic carbocycles. The molecule has 0 bridgehead atoms. The number of amides is 2. The van der Waals surface area contributed by atoms with Gasteiger partial charge in [-0.25, -0.2) is 9.59 Å². The first-order chi connectivity index (χ1) is 8.75. The first kappa shape index (κ1) is 15.3. The van der Waals surface area contributed by atoms with Crippen LogP contribution < -0.4 is 5.32 Å². The Morgan fingerprint density at radius 3 is 2.53 bits per heavy atom. The predicted molar refractivity (Wildman–Crippen MR) is 60.6 cm³/mol. The number of rotatable bonds is 3. The summed E-state index contributed by atoms with van der Waals surface area (Å²) in [4.78, 5) is 23.6. The Hall–Kier alpha value is -1.73. The summed E-state index contributed by atoms with van der Waals surface area (Å²) in [5, 5.41) is 11.0. The number of alkyl halides is 3. The number of hydrogen-bond donors (Lipinski definition) is 2. The van der Waals surface area contributed by atoms with Crippen molar-refractivity contribution in [3.63, 3.8) is 0 Å². The Labute approximate surface area is 108 Å². The summed E-state index contributed by atoms with van der Waals surface area (Å²) in [7, 11) is 0. The van der Waals surface area contributed by atoms with Crippen LogP contribution in [-0.2, 0) is 4.79 Å². The average Bonchev–Trinajstić information content (AvgIpc) is 2.34. The number of nitrogens with zero attached hydrogens (tertiary/aromatic N) is 1. The van der Waals surface area contributed by atoms with Crippen LogP contribution in [0.4, 0.5) is 18.0 Å². The van der Waals surface area contributed by atoms with Gasteiger partial charge in [0.2, 0.25) is 0 Å². The lowest BCUT2D eigenvalue weighted by Gasteiger charge is -2.28. The van der Waals surface area contributed by atoms with Gasteiger partial charge in [0.15, 0.2) is 0 Å². The van der Waals surface area contributed by atoms with Crippen molar-refractivity contribution in [2.24, 2.45) is 0 Å². The van der Waals surface area contributed by atoms with Crippen LogP contribution in [-0.4, -0.2) is 47.3 Å².